The van der Waals surface area contributed by atoms with Crippen molar-refractivity contribution in [1.82, 2.24) is 0 Å². The van der Waals surface area contributed by atoms with Gasteiger partial charge in [0, 0.05) is 22.5 Å². The van der Waals surface area contributed by atoms with Crippen LogP contribution in [-0.4, -0.2) is 0 Å². The number of nitrogens with two attached hydrogens (primary N) is 2. The van der Waals surface area contributed by atoms with Crippen molar-refractivity contribution >= 4 is 11.4 Å². The van der Waals surface area contributed by atoms with Gasteiger partial charge in [0.05, 0.1) is 0 Å². The molecular formula is C27H26N2O2. The number of aryl methyl sites for hydroxylation is 2. The maximum atomic E-state index is 6.74. The second-order valence-corrected chi connectivity index (χ2v) is 7.60. The molecule has 4 aromatic rings. The molecule has 4 N–H and O–H groups in total. The first-order chi connectivity index (χ1) is 15.0. The van der Waals surface area contributed by atoms with E-state index in [4.69, 9.17) is 20.9 Å². The van der Waals surface area contributed by atoms with Gasteiger partial charge in [0.25, 0.3) is 0 Å². The van der Waals surface area contributed by atoms with Crippen molar-refractivity contribution < 1.29 is 9.47 Å². The monoisotopic (exact) mass is 410 g/mol. The first-order valence-corrected chi connectivity index (χ1v) is 10.2. The zero-order valence-electron chi connectivity index (χ0n) is 17.7. The fourth-order valence-electron chi connectivity index (χ4n) is 3.62. The van der Waals surface area contributed by atoms with Crippen LogP contribution in [0.4, 0.5) is 11.4 Å². The summed E-state index contributed by atoms with van der Waals surface area (Å²) >= 11 is 0. The Morgan fingerprint density at radius 1 is 0.548 bits per heavy atom. The van der Waals surface area contributed by atoms with E-state index in [1.165, 1.54) is 0 Å². The average Bonchev–Trinajstić information content (AvgIpc) is 2.78. The quantitative estimate of drug-likeness (QED) is 0.310. The molecule has 31 heavy (non-hydrogen) atoms. The second-order valence-electron chi connectivity index (χ2n) is 7.60. The molecule has 0 fully saturated rings. The van der Waals surface area contributed by atoms with Crippen molar-refractivity contribution in [2.24, 2.45) is 0 Å². The van der Waals surface area contributed by atoms with E-state index in [0.717, 1.165) is 22.3 Å². The van der Waals surface area contributed by atoms with E-state index in [1.54, 1.807) is 0 Å². The lowest BCUT2D eigenvalue weighted by Crippen LogP contribution is -2.41. The van der Waals surface area contributed by atoms with Gasteiger partial charge in [-0.2, -0.15) is 0 Å². The fourth-order valence-corrected chi connectivity index (χ4v) is 3.62. The van der Waals surface area contributed by atoms with E-state index in [9.17, 15) is 0 Å². The molecule has 0 heterocycles. The van der Waals surface area contributed by atoms with Gasteiger partial charge in [0.1, 0.15) is 11.5 Å². The third-order valence-electron chi connectivity index (χ3n) is 5.21. The number of nitrogen functional groups attached to an aromatic ring is 2. The number of hydrogen-bond donors (Lipinski definition) is 2. The Labute approximate surface area is 183 Å². The lowest BCUT2D eigenvalue weighted by atomic mass is 9.96. The largest absolute Gasteiger partial charge is 0.444 e. The smallest absolute Gasteiger partial charge is 0.305 e. The highest BCUT2D eigenvalue weighted by Crippen LogP contribution is 2.40. The van der Waals surface area contributed by atoms with Crippen LogP contribution in [0, 0.1) is 13.8 Å². The molecule has 4 nitrogen and oxygen atoms in total. The number of rotatable bonds is 6. The highest BCUT2D eigenvalue weighted by atomic mass is 16.7. The molecule has 4 heteroatoms. The molecule has 4 rings (SSSR count). The first kappa shape index (κ1) is 20.4. The summed E-state index contributed by atoms with van der Waals surface area (Å²) in [6.45, 7) is 3.95. The maximum Gasteiger partial charge on any atom is 0.305 e. The van der Waals surface area contributed by atoms with Crippen LogP contribution in [0.15, 0.2) is 97.1 Å². The van der Waals surface area contributed by atoms with Crippen LogP contribution in [0.25, 0.3) is 0 Å². The normalized spacial score (nSPS) is 11.2. The Morgan fingerprint density at radius 2 is 0.935 bits per heavy atom. The lowest BCUT2D eigenvalue weighted by molar-refractivity contribution is -0.0851. The average molecular weight is 411 g/mol. The Bertz CT molecular complexity index is 1080. The van der Waals surface area contributed by atoms with Gasteiger partial charge < -0.3 is 20.9 Å². The van der Waals surface area contributed by atoms with E-state index in [-0.39, 0.29) is 0 Å². The highest BCUT2D eigenvalue weighted by molar-refractivity contribution is 5.50. The number of hydrogen-bond acceptors (Lipinski definition) is 4. The summed E-state index contributed by atoms with van der Waals surface area (Å²) in [7, 11) is 0. The van der Waals surface area contributed by atoms with E-state index in [2.05, 4.69) is 0 Å². The summed E-state index contributed by atoms with van der Waals surface area (Å²) in [5.74, 6) is 0.162. The van der Waals surface area contributed by atoms with Gasteiger partial charge >= 0.3 is 5.79 Å². The van der Waals surface area contributed by atoms with E-state index >= 15 is 0 Å². The molecule has 0 saturated heterocycles. The molecule has 0 saturated carbocycles. The molecule has 0 aliphatic carbocycles. The van der Waals surface area contributed by atoms with Gasteiger partial charge in [-0.25, -0.2) is 0 Å². The van der Waals surface area contributed by atoms with Crippen molar-refractivity contribution in [3.8, 4) is 11.5 Å². The third kappa shape index (κ3) is 4.19. The lowest BCUT2D eigenvalue weighted by Gasteiger charge is -2.36. The van der Waals surface area contributed by atoms with Gasteiger partial charge in [0.15, 0.2) is 0 Å². The molecular weight excluding hydrogens is 384 g/mol. The molecule has 0 radical (unpaired) electrons. The Kier molecular flexibility index (Phi) is 5.54. The minimum absolute atomic E-state index is 0.685. The molecule has 0 amide bonds. The number of anilines is 2. The van der Waals surface area contributed by atoms with Crippen LogP contribution in [0.3, 0.4) is 0 Å². The molecule has 0 bridgehead atoms. The van der Waals surface area contributed by atoms with Gasteiger partial charge in [0.2, 0.25) is 0 Å². The van der Waals surface area contributed by atoms with Crippen LogP contribution in [0.5, 0.6) is 11.5 Å². The van der Waals surface area contributed by atoms with Crippen molar-refractivity contribution in [1.29, 1.82) is 0 Å². The van der Waals surface area contributed by atoms with Crippen molar-refractivity contribution in [3.05, 3.63) is 119 Å². The predicted octanol–water partition coefficient (Wildman–Crippen LogP) is 5.83. The molecule has 0 unspecified atom stereocenters. The molecule has 0 spiro atoms. The number of benzene rings is 4. The van der Waals surface area contributed by atoms with E-state index in [0.29, 0.717) is 22.9 Å². The summed E-state index contributed by atoms with van der Waals surface area (Å²) in [5, 5.41) is 0. The van der Waals surface area contributed by atoms with Crippen molar-refractivity contribution in [2.75, 3.05) is 11.5 Å². The summed E-state index contributed by atoms with van der Waals surface area (Å²) in [6.07, 6.45) is 0. The molecule has 4 aromatic carbocycles. The molecule has 0 aromatic heterocycles. The van der Waals surface area contributed by atoms with Crippen LogP contribution in [0.1, 0.15) is 22.3 Å². The van der Waals surface area contributed by atoms with Crippen molar-refractivity contribution in [3.63, 3.8) is 0 Å². The summed E-state index contributed by atoms with van der Waals surface area (Å²) in [6, 6.07) is 31.1. The number of ether oxygens (including phenoxy) is 2. The molecule has 156 valence electrons. The van der Waals surface area contributed by atoms with E-state index in [1.807, 2.05) is 111 Å². The maximum absolute atomic E-state index is 6.74. The zero-order chi connectivity index (χ0) is 21.8. The summed E-state index contributed by atoms with van der Waals surface area (Å²) in [5.41, 5.74) is 16.9. The highest BCUT2D eigenvalue weighted by Gasteiger charge is 2.40. The van der Waals surface area contributed by atoms with Crippen LogP contribution in [-0.2, 0) is 5.79 Å². The first-order valence-electron chi connectivity index (χ1n) is 10.2. The van der Waals surface area contributed by atoms with Gasteiger partial charge in [-0.15, -0.1) is 0 Å². The zero-order valence-corrected chi connectivity index (χ0v) is 17.7. The van der Waals surface area contributed by atoms with Crippen LogP contribution in [0.2, 0.25) is 0 Å². The Balaban J connectivity index is 1.94. The van der Waals surface area contributed by atoms with Gasteiger partial charge in [-0.1, -0.05) is 60.7 Å². The Morgan fingerprint density at radius 3 is 1.29 bits per heavy atom. The minimum atomic E-state index is -1.22. The van der Waals surface area contributed by atoms with Crippen LogP contribution >= 0.6 is 0 Å². The minimum Gasteiger partial charge on any atom is -0.444 e. The van der Waals surface area contributed by atoms with Crippen molar-refractivity contribution in [2.45, 2.75) is 19.6 Å². The molecule has 0 aliphatic rings. The van der Waals surface area contributed by atoms with E-state index < -0.39 is 5.79 Å². The molecule has 0 aliphatic heterocycles. The van der Waals surface area contributed by atoms with Crippen LogP contribution < -0.4 is 20.9 Å². The predicted molar refractivity (Wildman–Crippen MR) is 126 cm³/mol. The SMILES string of the molecule is Cc1cc(N)ccc1OC(Oc1ccc(N)cc1C)(c1ccccc1)c1ccccc1. The van der Waals surface area contributed by atoms with Gasteiger partial charge in [-0.05, 0) is 61.4 Å². The fraction of sp³-hybridized carbons (Fsp3) is 0.111. The summed E-state index contributed by atoms with van der Waals surface area (Å²) < 4.78 is 13.5. The topological polar surface area (TPSA) is 70.5 Å². The second kappa shape index (κ2) is 8.44. The summed E-state index contributed by atoms with van der Waals surface area (Å²) in [4.78, 5) is 0. The molecule has 0 atom stereocenters. The standard InChI is InChI=1S/C27H26N2O2/c1-19-17-23(28)13-15-25(19)30-27(21-9-5-3-6-10-21,22-11-7-4-8-12-22)31-26-16-14-24(29)18-20(26)2/h3-18H,28-29H2,1-2H3. The Hall–Kier alpha value is -3.92. The third-order valence-corrected chi connectivity index (χ3v) is 5.21. The van der Waals surface area contributed by atoms with Gasteiger partial charge in [-0.3, -0.25) is 0 Å².